The molecule has 1 heterocycles. The summed E-state index contributed by atoms with van der Waals surface area (Å²) >= 11 is 0. The van der Waals surface area contributed by atoms with Gasteiger partial charge in [0.1, 0.15) is 0 Å². The van der Waals surface area contributed by atoms with Crippen molar-refractivity contribution in [2.24, 2.45) is 0 Å². The fourth-order valence-electron chi connectivity index (χ4n) is 0.484. The fraction of sp³-hybridized carbons (Fsp3) is 0. The van der Waals surface area contributed by atoms with Crippen LogP contribution in [-0.4, -0.2) is 11.0 Å². The van der Waals surface area contributed by atoms with Crippen LogP contribution < -0.4 is 11.3 Å². The first-order chi connectivity index (χ1) is 4.30. The second-order valence-corrected chi connectivity index (χ2v) is 1.50. The Hall–Kier alpha value is -0.888. The molecule has 0 saturated carbocycles. The number of aromatic nitrogens is 1. The van der Waals surface area contributed by atoms with Crippen LogP contribution in [0.2, 0.25) is 0 Å². The van der Waals surface area contributed by atoms with E-state index in [4.69, 9.17) is 0 Å². The van der Waals surface area contributed by atoms with Crippen molar-refractivity contribution in [1.82, 2.24) is 11.1 Å². The van der Waals surface area contributed by atoms with Crippen molar-refractivity contribution in [2.75, 3.05) is 0 Å². The number of carbonyl (C=O) groups excluding carboxylic acids is 1. The van der Waals surface area contributed by atoms with Crippen LogP contribution in [0, 0.1) is 0 Å². The van der Waals surface area contributed by atoms with Crippen molar-refractivity contribution in [3.05, 3.63) is 30.1 Å². The van der Waals surface area contributed by atoms with Crippen LogP contribution in [0.3, 0.4) is 0 Å². The van der Waals surface area contributed by atoms with Gasteiger partial charge in [0.15, 0.2) is 0 Å². The van der Waals surface area contributed by atoms with Gasteiger partial charge >= 0.3 is 17.4 Å². The number of hydrogen-bond acceptors (Lipinski definition) is 4. The third-order valence-electron chi connectivity index (χ3n) is 0.874. The molecule has 0 aliphatic rings. The van der Waals surface area contributed by atoms with Crippen LogP contribution >= 0.6 is 0 Å². The van der Waals surface area contributed by atoms with Crippen molar-refractivity contribution >= 4 is 5.97 Å². The number of carboxylic acids is 1. The van der Waals surface area contributed by atoms with Crippen LogP contribution in [-0.2, 0) is 17.4 Å². The van der Waals surface area contributed by atoms with Crippen molar-refractivity contribution in [2.45, 2.75) is 0 Å². The molecule has 4 nitrogen and oxygen atoms in total. The minimum absolute atomic E-state index is 0. The average molecular weight is 191 g/mol. The summed E-state index contributed by atoms with van der Waals surface area (Å²) in [7, 11) is 0. The van der Waals surface area contributed by atoms with Gasteiger partial charge in [0.2, 0.25) is 0 Å². The SMILES string of the molecule is N.O=C([O-])c1ccccn1.[Cr+3]. The molecule has 0 spiro atoms. The normalized spacial score (nSPS) is 7.27. The number of hydrogen-bond donors (Lipinski definition) is 1. The molecule has 0 aromatic carbocycles. The van der Waals surface area contributed by atoms with E-state index in [2.05, 4.69) is 4.98 Å². The molecule has 0 atom stereocenters. The third kappa shape index (κ3) is 3.73. The molecule has 57 valence electrons. The van der Waals surface area contributed by atoms with Gasteiger partial charge in [-0.2, -0.15) is 0 Å². The Morgan fingerprint density at radius 2 is 2.09 bits per heavy atom. The van der Waals surface area contributed by atoms with Gasteiger partial charge in [0, 0.05) is 6.20 Å². The minimum atomic E-state index is -1.24. The topological polar surface area (TPSA) is 88.0 Å². The van der Waals surface area contributed by atoms with Gasteiger partial charge in [-0.25, -0.2) is 0 Å². The molecule has 0 fully saturated rings. The molecule has 0 aliphatic heterocycles. The summed E-state index contributed by atoms with van der Waals surface area (Å²) in [6, 6.07) is 4.62. The maximum absolute atomic E-state index is 10.0. The van der Waals surface area contributed by atoms with Gasteiger partial charge in [-0.3, -0.25) is 4.98 Å². The number of carbonyl (C=O) groups is 1. The van der Waals surface area contributed by atoms with Crippen LogP contribution in [0.15, 0.2) is 24.4 Å². The molecular formula is C6H7CrN2O2+2. The van der Waals surface area contributed by atoms with E-state index in [1.54, 1.807) is 12.1 Å². The summed E-state index contributed by atoms with van der Waals surface area (Å²) in [6.07, 6.45) is 1.41. The summed E-state index contributed by atoms with van der Waals surface area (Å²) in [5, 5.41) is 10.0. The summed E-state index contributed by atoms with van der Waals surface area (Å²) in [4.78, 5) is 13.5. The van der Waals surface area contributed by atoms with E-state index < -0.39 is 5.97 Å². The third-order valence-corrected chi connectivity index (χ3v) is 0.874. The van der Waals surface area contributed by atoms with Gasteiger partial charge in [-0.15, -0.1) is 0 Å². The van der Waals surface area contributed by atoms with Gasteiger partial charge in [0.25, 0.3) is 0 Å². The Morgan fingerprint density at radius 3 is 2.36 bits per heavy atom. The molecule has 5 heteroatoms. The average Bonchev–Trinajstić information content (AvgIpc) is 1.90. The van der Waals surface area contributed by atoms with Gasteiger partial charge < -0.3 is 16.1 Å². The predicted octanol–water partition coefficient (Wildman–Crippen LogP) is -0.395. The monoisotopic (exact) mass is 191 g/mol. The van der Waals surface area contributed by atoms with E-state index >= 15 is 0 Å². The Bertz CT molecular complexity index is 215. The first-order valence-corrected chi connectivity index (χ1v) is 2.43. The van der Waals surface area contributed by atoms with Crippen molar-refractivity contribution in [1.29, 1.82) is 0 Å². The molecule has 1 aromatic heterocycles. The van der Waals surface area contributed by atoms with E-state index in [-0.39, 0.29) is 29.2 Å². The summed E-state index contributed by atoms with van der Waals surface area (Å²) < 4.78 is 0. The molecule has 11 heavy (non-hydrogen) atoms. The molecule has 1 aromatic rings. The van der Waals surface area contributed by atoms with E-state index in [9.17, 15) is 9.90 Å². The zero-order valence-electron chi connectivity index (χ0n) is 5.69. The number of rotatable bonds is 1. The molecule has 3 N–H and O–H groups in total. The number of pyridine rings is 1. The van der Waals surface area contributed by atoms with Crippen molar-refractivity contribution < 1.29 is 27.3 Å². The Balaban J connectivity index is 0. The van der Waals surface area contributed by atoms with Gasteiger partial charge in [0.05, 0.1) is 11.7 Å². The van der Waals surface area contributed by atoms with Gasteiger partial charge in [-0.1, -0.05) is 6.07 Å². The summed E-state index contributed by atoms with van der Waals surface area (Å²) in [6.45, 7) is 0. The zero-order chi connectivity index (χ0) is 6.69. The van der Waals surface area contributed by atoms with Crippen LogP contribution in [0.5, 0.6) is 0 Å². The first-order valence-electron chi connectivity index (χ1n) is 2.43. The molecule has 0 amide bonds. The molecule has 0 unspecified atom stereocenters. The van der Waals surface area contributed by atoms with Crippen molar-refractivity contribution in [3.8, 4) is 0 Å². The summed E-state index contributed by atoms with van der Waals surface area (Å²) in [5.74, 6) is -1.24. The first kappa shape index (κ1) is 12.8. The quantitative estimate of drug-likeness (QED) is 0.654. The zero-order valence-corrected chi connectivity index (χ0v) is 6.96. The number of nitrogens with zero attached hydrogens (tertiary/aromatic N) is 1. The van der Waals surface area contributed by atoms with E-state index in [0.717, 1.165) is 0 Å². The molecule has 1 radical (unpaired) electrons. The van der Waals surface area contributed by atoms with E-state index in [1.165, 1.54) is 12.3 Å². The second-order valence-electron chi connectivity index (χ2n) is 1.50. The number of aromatic carboxylic acids is 1. The Labute approximate surface area is 75.0 Å². The summed E-state index contributed by atoms with van der Waals surface area (Å²) in [5.41, 5.74) is -0.0301. The van der Waals surface area contributed by atoms with E-state index in [0.29, 0.717) is 0 Å². The van der Waals surface area contributed by atoms with Crippen LogP contribution in [0.25, 0.3) is 0 Å². The maximum Gasteiger partial charge on any atom is 3.00 e. The second kappa shape index (κ2) is 5.86. The fourth-order valence-corrected chi connectivity index (χ4v) is 0.484. The molecule has 1 rings (SSSR count). The standard InChI is InChI=1S/C6H5NO2.Cr.H3N/c8-6(9)5-3-1-2-4-7-5;;/h1-4H,(H,8,9);;1H3/q;+3;/p-1. The molecular weight excluding hydrogens is 184 g/mol. The molecule has 0 bridgehead atoms. The van der Waals surface area contributed by atoms with Crippen molar-refractivity contribution in [3.63, 3.8) is 0 Å². The maximum atomic E-state index is 10.0. The Kier molecular flexibility index (Phi) is 6.80. The molecule has 0 aliphatic carbocycles. The van der Waals surface area contributed by atoms with Crippen LogP contribution in [0.1, 0.15) is 10.5 Å². The van der Waals surface area contributed by atoms with Gasteiger partial charge in [-0.05, 0) is 12.1 Å². The Morgan fingerprint density at radius 1 is 1.45 bits per heavy atom. The number of carboxylic acid groups (broad SMARTS) is 1. The van der Waals surface area contributed by atoms with Crippen LogP contribution in [0.4, 0.5) is 0 Å². The predicted molar refractivity (Wildman–Crippen MR) is 33.6 cm³/mol. The van der Waals surface area contributed by atoms with E-state index in [1.807, 2.05) is 0 Å². The molecule has 0 saturated heterocycles. The largest absolute Gasteiger partial charge is 3.00 e. The minimum Gasteiger partial charge on any atom is -0.543 e. The smallest absolute Gasteiger partial charge is 0.543 e.